The van der Waals surface area contributed by atoms with Crippen molar-refractivity contribution in [2.45, 2.75) is 19.4 Å². The molecule has 3 rings (SSSR count). The van der Waals surface area contributed by atoms with Crippen LogP contribution in [0.4, 0.5) is 11.6 Å². The highest BCUT2D eigenvalue weighted by molar-refractivity contribution is 5.49. The molecule has 0 N–H and O–H groups in total. The molecule has 1 fully saturated rings. The molecule has 1 aliphatic rings. The molecule has 0 amide bonds. The Balaban J connectivity index is 1.75. The summed E-state index contributed by atoms with van der Waals surface area (Å²) in [5.74, 6) is 1.93. The molecule has 0 spiro atoms. The average molecular weight is 272 g/mol. The van der Waals surface area contributed by atoms with Gasteiger partial charge < -0.3 is 9.80 Å². The quantitative estimate of drug-likeness (QED) is 0.847. The van der Waals surface area contributed by atoms with E-state index in [4.69, 9.17) is 0 Å². The lowest BCUT2D eigenvalue weighted by Gasteiger charge is -2.19. The first-order valence-electron chi connectivity index (χ1n) is 6.88. The summed E-state index contributed by atoms with van der Waals surface area (Å²) in [5.41, 5.74) is 1.21. The van der Waals surface area contributed by atoms with Crippen LogP contribution in [0.1, 0.15) is 18.0 Å². The molecule has 0 radical (unpaired) electrons. The number of aromatic nitrogens is 4. The van der Waals surface area contributed by atoms with Gasteiger partial charge in [0.1, 0.15) is 18.0 Å². The number of rotatable bonds is 3. The summed E-state index contributed by atoms with van der Waals surface area (Å²) in [6, 6.07) is 2.47. The molecule has 1 unspecified atom stereocenters. The van der Waals surface area contributed by atoms with Gasteiger partial charge in [-0.2, -0.15) is 5.10 Å². The highest BCUT2D eigenvalue weighted by Gasteiger charge is 2.25. The van der Waals surface area contributed by atoms with Crippen LogP contribution in [-0.4, -0.2) is 46.9 Å². The second kappa shape index (κ2) is 5.11. The Bertz CT molecular complexity index is 591. The highest BCUT2D eigenvalue weighted by Crippen LogP contribution is 2.26. The van der Waals surface area contributed by atoms with E-state index in [2.05, 4.69) is 37.8 Å². The average Bonchev–Trinajstić information content (AvgIpc) is 3.07. The summed E-state index contributed by atoms with van der Waals surface area (Å²) in [4.78, 5) is 13.0. The van der Waals surface area contributed by atoms with E-state index in [1.807, 2.05) is 31.3 Å². The number of hydrogen-bond acceptors (Lipinski definition) is 5. The lowest BCUT2D eigenvalue weighted by atomic mass is 10.3. The van der Waals surface area contributed by atoms with Crippen molar-refractivity contribution in [1.82, 2.24) is 19.7 Å². The molecule has 0 aromatic carbocycles. The summed E-state index contributed by atoms with van der Waals surface area (Å²) in [6.07, 6.45) is 6.76. The number of hydrogen-bond donors (Lipinski definition) is 0. The largest absolute Gasteiger partial charge is 0.363 e. The van der Waals surface area contributed by atoms with Crippen LogP contribution in [0.3, 0.4) is 0 Å². The van der Waals surface area contributed by atoms with E-state index in [1.54, 1.807) is 6.33 Å². The molecule has 1 saturated heterocycles. The molecule has 1 aliphatic heterocycles. The normalized spacial score (nSPS) is 18.6. The Morgan fingerprint density at radius 1 is 1.30 bits per heavy atom. The Labute approximate surface area is 119 Å². The van der Waals surface area contributed by atoms with Gasteiger partial charge in [-0.25, -0.2) is 9.97 Å². The molecule has 0 saturated carbocycles. The van der Waals surface area contributed by atoms with Crippen molar-refractivity contribution in [1.29, 1.82) is 0 Å². The van der Waals surface area contributed by atoms with Crippen LogP contribution in [0.25, 0.3) is 0 Å². The monoisotopic (exact) mass is 272 g/mol. The van der Waals surface area contributed by atoms with Gasteiger partial charge in [-0.3, -0.25) is 4.68 Å². The first-order valence-corrected chi connectivity index (χ1v) is 6.88. The van der Waals surface area contributed by atoms with Crippen molar-refractivity contribution in [2.24, 2.45) is 0 Å². The zero-order chi connectivity index (χ0) is 14.1. The van der Waals surface area contributed by atoms with E-state index >= 15 is 0 Å². The molecule has 3 heterocycles. The van der Waals surface area contributed by atoms with Gasteiger partial charge in [0.05, 0.1) is 12.2 Å². The summed E-state index contributed by atoms with van der Waals surface area (Å²) in [6.45, 7) is 4.03. The Morgan fingerprint density at radius 2 is 2.15 bits per heavy atom. The van der Waals surface area contributed by atoms with E-state index in [1.165, 1.54) is 5.56 Å². The van der Waals surface area contributed by atoms with Crippen LogP contribution in [0, 0.1) is 6.92 Å². The Hall–Kier alpha value is -2.11. The van der Waals surface area contributed by atoms with E-state index < -0.39 is 0 Å². The maximum Gasteiger partial charge on any atom is 0.134 e. The van der Waals surface area contributed by atoms with E-state index in [0.29, 0.717) is 6.04 Å². The minimum absolute atomic E-state index is 0.432. The van der Waals surface area contributed by atoms with Crippen molar-refractivity contribution < 1.29 is 0 Å². The van der Waals surface area contributed by atoms with Crippen molar-refractivity contribution in [3.05, 3.63) is 30.4 Å². The number of anilines is 2. The fraction of sp³-hybridized carbons (Fsp3) is 0.500. The van der Waals surface area contributed by atoms with Gasteiger partial charge in [0, 0.05) is 39.4 Å². The molecule has 6 nitrogen and oxygen atoms in total. The van der Waals surface area contributed by atoms with E-state index in [-0.39, 0.29) is 0 Å². The summed E-state index contributed by atoms with van der Waals surface area (Å²) in [5, 5.41) is 4.42. The fourth-order valence-corrected chi connectivity index (χ4v) is 2.55. The lowest BCUT2D eigenvalue weighted by Crippen LogP contribution is -2.23. The van der Waals surface area contributed by atoms with Crippen LogP contribution in [0.15, 0.2) is 24.8 Å². The minimum Gasteiger partial charge on any atom is -0.363 e. The topological polar surface area (TPSA) is 50.1 Å². The van der Waals surface area contributed by atoms with Gasteiger partial charge in [-0.1, -0.05) is 0 Å². The number of aryl methyl sites for hydroxylation is 1. The predicted octanol–water partition coefficient (Wildman–Crippen LogP) is 1.50. The van der Waals surface area contributed by atoms with Gasteiger partial charge in [0.2, 0.25) is 0 Å². The van der Waals surface area contributed by atoms with Crippen molar-refractivity contribution in [3.8, 4) is 0 Å². The van der Waals surface area contributed by atoms with E-state index in [9.17, 15) is 0 Å². The second-order valence-corrected chi connectivity index (χ2v) is 5.52. The van der Waals surface area contributed by atoms with Crippen LogP contribution in [-0.2, 0) is 0 Å². The molecule has 0 bridgehead atoms. The zero-order valence-electron chi connectivity index (χ0n) is 12.2. The molecule has 20 heavy (non-hydrogen) atoms. The molecular weight excluding hydrogens is 252 g/mol. The molecule has 1 atom stereocenters. The van der Waals surface area contributed by atoms with Crippen molar-refractivity contribution in [3.63, 3.8) is 0 Å². The fourth-order valence-electron chi connectivity index (χ4n) is 2.55. The predicted molar refractivity (Wildman–Crippen MR) is 79.2 cm³/mol. The minimum atomic E-state index is 0.432. The summed E-state index contributed by atoms with van der Waals surface area (Å²) in [7, 11) is 3.98. The maximum absolute atomic E-state index is 4.42. The third kappa shape index (κ3) is 2.45. The molecule has 6 heteroatoms. The molecule has 2 aromatic rings. The molecular formula is C14H20N6. The zero-order valence-corrected chi connectivity index (χ0v) is 12.2. The Morgan fingerprint density at radius 3 is 2.85 bits per heavy atom. The molecule has 0 aliphatic carbocycles. The van der Waals surface area contributed by atoms with Gasteiger partial charge in [0.15, 0.2) is 0 Å². The van der Waals surface area contributed by atoms with Crippen molar-refractivity contribution in [2.75, 3.05) is 37.0 Å². The van der Waals surface area contributed by atoms with Crippen LogP contribution >= 0.6 is 0 Å². The summed E-state index contributed by atoms with van der Waals surface area (Å²) >= 11 is 0. The molecule has 2 aromatic heterocycles. The maximum atomic E-state index is 4.42. The Kier molecular flexibility index (Phi) is 3.30. The second-order valence-electron chi connectivity index (χ2n) is 5.52. The SMILES string of the molecule is Cc1cnn(C2CCN(c3cc(N(C)C)ncn3)C2)c1. The standard InChI is InChI=1S/C14H20N6/c1-11-7-17-20(8-11)12-4-5-19(9-12)14-6-13(18(2)3)15-10-16-14/h6-8,10,12H,4-5,9H2,1-3H3. The third-order valence-electron chi connectivity index (χ3n) is 3.69. The van der Waals surface area contributed by atoms with Crippen LogP contribution in [0.5, 0.6) is 0 Å². The van der Waals surface area contributed by atoms with Gasteiger partial charge in [0.25, 0.3) is 0 Å². The lowest BCUT2D eigenvalue weighted by molar-refractivity contribution is 0.494. The van der Waals surface area contributed by atoms with E-state index in [0.717, 1.165) is 31.1 Å². The van der Waals surface area contributed by atoms with Crippen molar-refractivity contribution >= 4 is 11.6 Å². The smallest absolute Gasteiger partial charge is 0.134 e. The first kappa shape index (κ1) is 12.9. The number of nitrogens with zero attached hydrogens (tertiary/aromatic N) is 6. The molecule has 106 valence electrons. The third-order valence-corrected chi connectivity index (χ3v) is 3.69. The highest BCUT2D eigenvalue weighted by atomic mass is 15.3. The van der Waals surface area contributed by atoms with Crippen LogP contribution in [0.2, 0.25) is 0 Å². The van der Waals surface area contributed by atoms with Gasteiger partial charge >= 0.3 is 0 Å². The van der Waals surface area contributed by atoms with Crippen LogP contribution < -0.4 is 9.80 Å². The first-order chi connectivity index (χ1) is 9.63. The van der Waals surface area contributed by atoms with Gasteiger partial charge in [-0.05, 0) is 18.9 Å². The summed E-state index contributed by atoms with van der Waals surface area (Å²) < 4.78 is 2.07. The van der Waals surface area contributed by atoms with Gasteiger partial charge in [-0.15, -0.1) is 0 Å².